The van der Waals surface area contributed by atoms with E-state index in [9.17, 15) is 4.79 Å². The molecule has 1 heterocycles. The Labute approximate surface area is 168 Å². The van der Waals surface area contributed by atoms with Crippen LogP contribution in [0.4, 0.5) is 0 Å². The quantitative estimate of drug-likeness (QED) is 0.776. The van der Waals surface area contributed by atoms with Crippen LogP contribution in [0.3, 0.4) is 0 Å². The van der Waals surface area contributed by atoms with E-state index in [-0.39, 0.29) is 12.6 Å². The van der Waals surface area contributed by atoms with Crippen molar-refractivity contribution in [2.75, 3.05) is 35.2 Å². The molecule has 0 N–H and O–H groups in total. The van der Waals surface area contributed by atoms with Crippen molar-refractivity contribution in [2.45, 2.75) is 13.3 Å². The van der Waals surface area contributed by atoms with Crippen LogP contribution in [0.2, 0.25) is 0 Å². The highest BCUT2D eigenvalue weighted by Crippen LogP contribution is 2.55. The summed E-state index contributed by atoms with van der Waals surface area (Å²) in [6, 6.07) is 3.59. The van der Waals surface area contributed by atoms with E-state index in [0.717, 1.165) is 5.56 Å². The van der Waals surface area contributed by atoms with Crippen LogP contribution in [0.15, 0.2) is 23.8 Å². The van der Waals surface area contributed by atoms with Gasteiger partial charge in [0.25, 0.3) is 0 Å². The Bertz CT molecular complexity index is 1040. The number of hydrogen-bond donors (Lipinski definition) is 0. The van der Waals surface area contributed by atoms with Gasteiger partial charge >= 0.3 is 0 Å². The second-order valence-corrected chi connectivity index (χ2v) is 6.67. The fraction of sp³-hybridized carbons (Fsp3) is 0.318. The highest BCUT2D eigenvalue weighted by molar-refractivity contribution is 6.15. The van der Waals surface area contributed by atoms with Crippen molar-refractivity contribution >= 4 is 5.78 Å². The second kappa shape index (κ2) is 7.24. The molecule has 2 aromatic rings. The van der Waals surface area contributed by atoms with Crippen LogP contribution in [0.25, 0.3) is 11.1 Å². The molecule has 2 aromatic carbocycles. The summed E-state index contributed by atoms with van der Waals surface area (Å²) in [5.41, 5.74) is 3.28. The third kappa shape index (κ3) is 2.76. The van der Waals surface area contributed by atoms with Crippen molar-refractivity contribution < 1.29 is 33.2 Å². The first kappa shape index (κ1) is 19.0. The van der Waals surface area contributed by atoms with Crippen LogP contribution in [0.5, 0.6) is 34.5 Å². The molecular weight excluding hydrogens is 376 g/mol. The third-order valence-electron chi connectivity index (χ3n) is 5.22. The summed E-state index contributed by atoms with van der Waals surface area (Å²) in [6.07, 6.45) is 2.41. The van der Waals surface area contributed by atoms with Gasteiger partial charge < -0.3 is 28.4 Å². The Morgan fingerprint density at radius 3 is 2.24 bits per heavy atom. The standard InChI is InChI=1S/C22H22O7/c1-11-6-7-12-8-14(24-2)19(25-3)21(26-4)16(12)17-13(18(11)23)9-15-20(22(17)27-5)29-10-28-15/h6,8-9H,7,10H2,1-5H3/b11-6-. The van der Waals surface area contributed by atoms with E-state index in [0.29, 0.717) is 63.2 Å². The molecule has 2 aliphatic rings. The van der Waals surface area contributed by atoms with E-state index in [1.807, 2.05) is 12.1 Å². The molecule has 0 atom stereocenters. The summed E-state index contributed by atoms with van der Waals surface area (Å²) in [5.74, 6) is 2.69. The molecule has 0 spiro atoms. The van der Waals surface area contributed by atoms with Crippen molar-refractivity contribution in [1.29, 1.82) is 0 Å². The number of ketones is 1. The fourth-order valence-corrected chi connectivity index (χ4v) is 3.84. The highest BCUT2D eigenvalue weighted by atomic mass is 16.7. The number of methoxy groups -OCH3 is 4. The lowest BCUT2D eigenvalue weighted by atomic mass is 9.85. The summed E-state index contributed by atoms with van der Waals surface area (Å²) in [6.45, 7) is 1.86. The summed E-state index contributed by atoms with van der Waals surface area (Å²) >= 11 is 0. The maximum atomic E-state index is 13.2. The van der Waals surface area contributed by atoms with Gasteiger partial charge in [-0.3, -0.25) is 4.79 Å². The van der Waals surface area contributed by atoms with Gasteiger partial charge in [-0.15, -0.1) is 0 Å². The number of Topliss-reactive ketones (excluding diaryl/α,β-unsaturated/α-hetero) is 1. The molecule has 0 amide bonds. The first-order chi connectivity index (χ1) is 14.0. The molecule has 1 aliphatic carbocycles. The molecule has 0 aromatic heterocycles. The molecule has 0 fully saturated rings. The third-order valence-corrected chi connectivity index (χ3v) is 5.22. The number of hydrogen-bond acceptors (Lipinski definition) is 7. The van der Waals surface area contributed by atoms with Crippen LogP contribution in [-0.4, -0.2) is 41.0 Å². The topological polar surface area (TPSA) is 72.5 Å². The Hall–Kier alpha value is -3.35. The van der Waals surface area contributed by atoms with Gasteiger partial charge in [-0.2, -0.15) is 0 Å². The molecule has 0 bridgehead atoms. The van der Waals surface area contributed by atoms with Gasteiger partial charge in [0.05, 0.1) is 28.4 Å². The first-order valence-corrected chi connectivity index (χ1v) is 9.09. The zero-order valence-corrected chi connectivity index (χ0v) is 17.0. The summed E-state index contributed by atoms with van der Waals surface area (Å²) in [5, 5.41) is 0. The van der Waals surface area contributed by atoms with E-state index >= 15 is 0 Å². The summed E-state index contributed by atoms with van der Waals surface area (Å²) < 4.78 is 33.7. The number of rotatable bonds is 4. The minimum Gasteiger partial charge on any atom is -0.493 e. The Balaban J connectivity index is 2.19. The second-order valence-electron chi connectivity index (χ2n) is 6.67. The molecule has 29 heavy (non-hydrogen) atoms. The fourth-order valence-electron chi connectivity index (χ4n) is 3.84. The van der Waals surface area contributed by atoms with Gasteiger partial charge in [-0.05, 0) is 36.6 Å². The summed E-state index contributed by atoms with van der Waals surface area (Å²) in [4.78, 5) is 13.2. The van der Waals surface area contributed by atoms with Crippen LogP contribution in [0, 0.1) is 0 Å². The van der Waals surface area contributed by atoms with Gasteiger partial charge in [-0.25, -0.2) is 0 Å². The monoisotopic (exact) mass is 398 g/mol. The predicted octanol–water partition coefficient (Wildman–Crippen LogP) is 3.80. The van der Waals surface area contributed by atoms with Gasteiger partial charge in [-0.1, -0.05) is 6.08 Å². The number of fused-ring (bicyclic) bond motifs is 4. The summed E-state index contributed by atoms with van der Waals surface area (Å²) in [7, 11) is 6.21. The zero-order valence-electron chi connectivity index (χ0n) is 17.0. The first-order valence-electron chi connectivity index (χ1n) is 9.09. The SMILES string of the molecule is COc1cc2c(c(OC)c1OC)-c1c(cc3c(c1OC)OCO3)C(=O)/C(C)=C\C2. The zero-order chi connectivity index (χ0) is 20.7. The molecule has 7 heteroatoms. The van der Waals surface area contributed by atoms with Crippen molar-refractivity contribution in [1.82, 2.24) is 0 Å². The number of carbonyl (C=O) groups is 1. The number of allylic oxidation sites excluding steroid dienone is 2. The highest BCUT2D eigenvalue weighted by Gasteiger charge is 2.34. The predicted molar refractivity (Wildman–Crippen MR) is 106 cm³/mol. The average molecular weight is 398 g/mol. The van der Waals surface area contributed by atoms with E-state index < -0.39 is 0 Å². The molecule has 1 aliphatic heterocycles. The van der Waals surface area contributed by atoms with E-state index in [1.54, 1.807) is 34.3 Å². The molecule has 0 radical (unpaired) electrons. The van der Waals surface area contributed by atoms with Crippen LogP contribution >= 0.6 is 0 Å². The lowest BCUT2D eigenvalue weighted by Gasteiger charge is -2.24. The molecule has 0 saturated carbocycles. The molecular formula is C22H22O7. The van der Waals surface area contributed by atoms with E-state index in [1.165, 1.54) is 7.11 Å². The maximum Gasteiger partial charge on any atom is 0.231 e. The Kier molecular flexibility index (Phi) is 4.74. The lowest BCUT2D eigenvalue weighted by Crippen LogP contribution is -2.10. The minimum absolute atomic E-state index is 0.0630. The normalized spacial score (nSPS) is 16.0. The average Bonchev–Trinajstić information content (AvgIpc) is 3.21. The van der Waals surface area contributed by atoms with Crippen LogP contribution < -0.4 is 28.4 Å². The number of carbonyl (C=O) groups excluding carboxylic acids is 1. The number of ether oxygens (including phenoxy) is 6. The van der Waals surface area contributed by atoms with Crippen molar-refractivity contribution in [3.63, 3.8) is 0 Å². The smallest absolute Gasteiger partial charge is 0.231 e. The van der Waals surface area contributed by atoms with Crippen molar-refractivity contribution in [3.8, 4) is 45.6 Å². The van der Waals surface area contributed by atoms with Gasteiger partial charge in [0.15, 0.2) is 28.8 Å². The number of benzene rings is 2. The van der Waals surface area contributed by atoms with Gasteiger partial charge in [0.2, 0.25) is 18.3 Å². The van der Waals surface area contributed by atoms with Crippen LogP contribution in [-0.2, 0) is 6.42 Å². The van der Waals surface area contributed by atoms with E-state index in [4.69, 9.17) is 28.4 Å². The molecule has 0 saturated heterocycles. The van der Waals surface area contributed by atoms with E-state index in [2.05, 4.69) is 0 Å². The lowest BCUT2D eigenvalue weighted by molar-refractivity contribution is 0.103. The van der Waals surface area contributed by atoms with Crippen molar-refractivity contribution in [2.24, 2.45) is 0 Å². The van der Waals surface area contributed by atoms with Gasteiger partial charge in [0, 0.05) is 16.7 Å². The molecule has 152 valence electrons. The Morgan fingerprint density at radius 2 is 1.59 bits per heavy atom. The van der Waals surface area contributed by atoms with Crippen LogP contribution in [0.1, 0.15) is 22.8 Å². The maximum absolute atomic E-state index is 13.2. The molecule has 4 rings (SSSR count). The largest absolute Gasteiger partial charge is 0.493 e. The van der Waals surface area contributed by atoms with Gasteiger partial charge in [0.1, 0.15) is 0 Å². The molecule has 7 nitrogen and oxygen atoms in total. The van der Waals surface area contributed by atoms with Crippen molar-refractivity contribution in [3.05, 3.63) is 34.9 Å². The Morgan fingerprint density at radius 1 is 0.862 bits per heavy atom. The molecule has 0 unspecified atom stereocenters. The minimum atomic E-state index is -0.112.